The van der Waals surface area contributed by atoms with Crippen LogP contribution in [0.15, 0.2) is 11.6 Å². The quantitative estimate of drug-likeness (QED) is 0.467. The van der Waals surface area contributed by atoms with Crippen LogP contribution in [0.25, 0.3) is 0 Å². The first-order valence-corrected chi connectivity index (χ1v) is 10.2. The highest BCUT2D eigenvalue weighted by Crippen LogP contribution is 2.66. The van der Waals surface area contributed by atoms with Crippen LogP contribution in [0.2, 0.25) is 0 Å². The van der Waals surface area contributed by atoms with Gasteiger partial charge in [0.15, 0.2) is 0 Å². The summed E-state index contributed by atoms with van der Waals surface area (Å²) in [5.74, 6) is 3.32. The molecule has 0 N–H and O–H groups in total. The van der Waals surface area contributed by atoms with Crippen molar-refractivity contribution in [2.45, 2.75) is 85.2 Å². The van der Waals surface area contributed by atoms with Crippen molar-refractivity contribution in [2.24, 2.45) is 34.5 Å². The lowest BCUT2D eigenvalue weighted by molar-refractivity contribution is -0.159. The largest absolute Gasteiger partial charge is 0.462 e. The van der Waals surface area contributed by atoms with Gasteiger partial charge in [-0.25, -0.2) is 0 Å². The first-order valence-electron chi connectivity index (χ1n) is 10.2. The van der Waals surface area contributed by atoms with Crippen molar-refractivity contribution < 1.29 is 9.53 Å². The third-order valence-corrected chi connectivity index (χ3v) is 8.75. The zero-order valence-electron chi connectivity index (χ0n) is 15.9. The number of hydrogen-bond donors (Lipinski definition) is 0. The summed E-state index contributed by atoms with van der Waals surface area (Å²) in [4.78, 5) is 11.5. The summed E-state index contributed by atoms with van der Waals surface area (Å²) >= 11 is 0. The topological polar surface area (TPSA) is 26.3 Å². The van der Waals surface area contributed by atoms with Crippen LogP contribution in [0.5, 0.6) is 0 Å². The first kappa shape index (κ1) is 16.7. The summed E-state index contributed by atoms with van der Waals surface area (Å²) in [6, 6.07) is 0. The van der Waals surface area contributed by atoms with Crippen molar-refractivity contribution in [1.29, 1.82) is 0 Å². The van der Waals surface area contributed by atoms with Crippen LogP contribution in [0.3, 0.4) is 0 Å². The fraction of sp³-hybridized carbons (Fsp3) is 0.864. The number of hydrogen-bond acceptors (Lipinski definition) is 2. The van der Waals surface area contributed by atoms with Crippen LogP contribution in [-0.2, 0) is 9.53 Å². The molecule has 0 bridgehead atoms. The van der Waals surface area contributed by atoms with E-state index in [1.165, 1.54) is 44.9 Å². The lowest BCUT2D eigenvalue weighted by Crippen LogP contribution is -2.53. The van der Waals surface area contributed by atoms with Gasteiger partial charge in [0.1, 0.15) is 6.10 Å². The Morgan fingerprint density at radius 2 is 1.83 bits per heavy atom. The van der Waals surface area contributed by atoms with Crippen LogP contribution < -0.4 is 0 Å². The Labute approximate surface area is 147 Å². The molecule has 0 radical (unpaired) electrons. The summed E-state index contributed by atoms with van der Waals surface area (Å²) in [6.07, 6.45) is 13.1. The van der Waals surface area contributed by atoms with E-state index in [0.29, 0.717) is 5.41 Å². The first-order chi connectivity index (χ1) is 11.3. The molecule has 3 saturated carbocycles. The fourth-order valence-corrected chi connectivity index (χ4v) is 7.40. The second-order valence-corrected chi connectivity index (χ2v) is 9.84. The van der Waals surface area contributed by atoms with Crippen molar-refractivity contribution in [1.82, 2.24) is 0 Å². The highest BCUT2D eigenvalue weighted by atomic mass is 16.5. The lowest BCUT2D eigenvalue weighted by Gasteiger charge is -2.59. The average molecular weight is 331 g/mol. The molecule has 4 aliphatic rings. The monoisotopic (exact) mass is 330 g/mol. The van der Waals surface area contributed by atoms with E-state index in [4.69, 9.17) is 4.74 Å². The molecule has 7 atom stereocenters. The second-order valence-electron chi connectivity index (χ2n) is 9.84. The Morgan fingerprint density at radius 3 is 2.58 bits per heavy atom. The molecule has 4 aliphatic carbocycles. The number of carbonyl (C=O) groups excluding carboxylic acids is 1. The number of allylic oxidation sites excluding steroid dienone is 2. The predicted octanol–water partition coefficient (Wildman–Crippen LogP) is 5.52. The van der Waals surface area contributed by atoms with E-state index in [9.17, 15) is 4.79 Å². The molecule has 0 unspecified atom stereocenters. The van der Waals surface area contributed by atoms with Gasteiger partial charge >= 0.3 is 5.97 Å². The van der Waals surface area contributed by atoms with E-state index < -0.39 is 0 Å². The number of carbonyl (C=O) groups is 1. The molecule has 134 valence electrons. The molecule has 3 fully saturated rings. The summed E-state index contributed by atoms with van der Waals surface area (Å²) < 4.78 is 5.76. The SMILES string of the molecule is CC(=O)O[C@H]1CC[C@@H]2[C@@H]3CC[C@H]4CC(C)=CC[C@]4(C)[C@H]3CC[C@]12C. The lowest BCUT2D eigenvalue weighted by atomic mass is 9.45. The van der Waals surface area contributed by atoms with Gasteiger partial charge < -0.3 is 4.74 Å². The van der Waals surface area contributed by atoms with Crippen LogP contribution in [0.1, 0.15) is 79.1 Å². The molecule has 24 heavy (non-hydrogen) atoms. The molecule has 0 aromatic carbocycles. The third-order valence-electron chi connectivity index (χ3n) is 8.75. The van der Waals surface area contributed by atoms with Gasteiger partial charge in [0.25, 0.3) is 0 Å². The zero-order valence-corrected chi connectivity index (χ0v) is 15.9. The summed E-state index contributed by atoms with van der Waals surface area (Å²) in [6.45, 7) is 8.92. The molecule has 0 spiro atoms. The van der Waals surface area contributed by atoms with Crippen LogP contribution >= 0.6 is 0 Å². The number of esters is 1. The van der Waals surface area contributed by atoms with E-state index in [2.05, 4.69) is 26.8 Å². The number of fused-ring (bicyclic) bond motifs is 5. The zero-order chi connectivity index (χ0) is 17.1. The Balaban J connectivity index is 1.60. The maximum absolute atomic E-state index is 11.5. The van der Waals surface area contributed by atoms with Crippen molar-refractivity contribution >= 4 is 5.97 Å². The van der Waals surface area contributed by atoms with Crippen molar-refractivity contribution in [3.8, 4) is 0 Å². The second kappa shape index (κ2) is 5.61. The molecule has 2 heteroatoms. The van der Waals surface area contributed by atoms with Gasteiger partial charge in [0.05, 0.1) is 0 Å². The maximum Gasteiger partial charge on any atom is 0.302 e. The predicted molar refractivity (Wildman–Crippen MR) is 96.4 cm³/mol. The summed E-state index contributed by atoms with van der Waals surface area (Å²) in [5.41, 5.74) is 2.37. The minimum atomic E-state index is -0.0902. The Bertz CT molecular complexity index is 564. The van der Waals surface area contributed by atoms with E-state index >= 15 is 0 Å². The Kier molecular flexibility index (Phi) is 3.89. The Morgan fingerprint density at radius 1 is 1.08 bits per heavy atom. The molecule has 4 rings (SSSR count). The van der Waals surface area contributed by atoms with E-state index in [1.54, 1.807) is 12.5 Å². The minimum absolute atomic E-state index is 0.0902. The van der Waals surface area contributed by atoms with E-state index in [0.717, 1.165) is 30.1 Å². The molecule has 0 amide bonds. The van der Waals surface area contributed by atoms with Crippen LogP contribution in [-0.4, -0.2) is 12.1 Å². The highest BCUT2D eigenvalue weighted by molar-refractivity contribution is 5.66. The fourth-order valence-electron chi connectivity index (χ4n) is 7.40. The highest BCUT2D eigenvalue weighted by Gasteiger charge is 2.60. The van der Waals surface area contributed by atoms with Gasteiger partial charge in [0, 0.05) is 12.3 Å². The van der Waals surface area contributed by atoms with Crippen molar-refractivity contribution in [3.63, 3.8) is 0 Å². The molecule has 0 aromatic rings. The van der Waals surface area contributed by atoms with Gasteiger partial charge in [-0.05, 0) is 87.4 Å². The molecule has 0 heterocycles. The molecule has 0 aromatic heterocycles. The molecule has 0 aliphatic heterocycles. The van der Waals surface area contributed by atoms with Crippen molar-refractivity contribution in [2.75, 3.05) is 0 Å². The average Bonchev–Trinajstić information content (AvgIpc) is 2.84. The smallest absolute Gasteiger partial charge is 0.302 e. The van der Waals surface area contributed by atoms with Gasteiger partial charge in [-0.1, -0.05) is 25.5 Å². The van der Waals surface area contributed by atoms with Crippen LogP contribution in [0.4, 0.5) is 0 Å². The maximum atomic E-state index is 11.5. The van der Waals surface area contributed by atoms with Crippen LogP contribution in [0, 0.1) is 34.5 Å². The molecule has 0 saturated heterocycles. The molecular formula is C22H34O2. The van der Waals surface area contributed by atoms with E-state index in [1.807, 2.05) is 0 Å². The van der Waals surface area contributed by atoms with Gasteiger partial charge in [-0.2, -0.15) is 0 Å². The Hall–Kier alpha value is -0.790. The van der Waals surface area contributed by atoms with Gasteiger partial charge in [0.2, 0.25) is 0 Å². The summed E-state index contributed by atoms with van der Waals surface area (Å²) in [7, 11) is 0. The minimum Gasteiger partial charge on any atom is -0.462 e. The molecule has 2 nitrogen and oxygen atoms in total. The van der Waals surface area contributed by atoms with Gasteiger partial charge in [-0.15, -0.1) is 0 Å². The van der Waals surface area contributed by atoms with Gasteiger partial charge in [-0.3, -0.25) is 4.79 Å². The third kappa shape index (κ3) is 2.31. The number of ether oxygens (including phenoxy) is 1. The van der Waals surface area contributed by atoms with Crippen molar-refractivity contribution in [3.05, 3.63) is 11.6 Å². The normalized spacial score (nSPS) is 50.3. The van der Waals surface area contributed by atoms with E-state index in [-0.39, 0.29) is 17.5 Å². The molecular weight excluding hydrogens is 296 g/mol. The summed E-state index contributed by atoms with van der Waals surface area (Å²) in [5, 5.41) is 0. The standard InChI is InChI=1S/C22H34O2/c1-14-9-11-21(3)16(13-14)5-6-17-18-7-8-20(24-15(2)23)22(18,4)12-10-19(17)21/h9,16-20H,5-8,10-13H2,1-4H3/t16-,17-,18+,19-,20-,21-,22-/m0/s1. The number of rotatable bonds is 1.